The Bertz CT molecular complexity index is 1040. The van der Waals surface area contributed by atoms with Crippen molar-refractivity contribution in [3.8, 4) is 0 Å². The second-order valence-corrected chi connectivity index (χ2v) is 9.08. The number of aromatic amines is 1. The Labute approximate surface area is 182 Å². The minimum Gasteiger partial charge on any atom is -0.361 e. The summed E-state index contributed by atoms with van der Waals surface area (Å²) in [5.74, 6) is -0.568. The zero-order valence-corrected chi connectivity index (χ0v) is 18.3. The molecule has 3 aromatic rings. The Balaban J connectivity index is 1.79. The smallest absolute Gasteiger partial charge is 0.253 e. The Morgan fingerprint density at radius 3 is 2.50 bits per heavy atom. The van der Waals surface area contributed by atoms with E-state index in [1.807, 2.05) is 30.5 Å². The molecule has 0 saturated carbocycles. The molecule has 0 fully saturated rings. The summed E-state index contributed by atoms with van der Waals surface area (Å²) in [7, 11) is 0. The first-order valence-electron chi connectivity index (χ1n) is 10.1. The summed E-state index contributed by atoms with van der Waals surface area (Å²) in [6, 6.07) is 14.0. The summed E-state index contributed by atoms with van der Waals surface area (Å²) in [6.07, 6.45) is 3.11. The number of halogens is 1. The number of H-pyrrole nitrogens is 1. The van der Waals surface area contributed by atoms with Gasteiger partial charge in [0.25, 0.3) is 5.91 Å². The third-order valence-corrected chi connectivity index (χ3v) is 5.34. The topological polar surface area (TPSA) is 74.0 Å². The van der Waals surface area contributed by atoms with Gasteiger partial charge in [0, 0.05) is 30.1 Å². The van der Waals surface area contributed by atoms with E-state index in [2.05, 4.69) is 36.4 Å². The van der Waals surface area contributed by atoms with Crippen LogP contribution in [0, 0.1) is 5.41 Å². The molecule has 1 atom stereocenters. The van der Waals surface area contributed by atoms with E-state index in [-0.39, 0.29) is 17.2 Å². The van der Waals surface area contributed by atoms with Crippen molar-refractivity contribution < 1.29 is 9.59 Å². The predicted molar refractivity (Wildman–Crippen MR) is 122 cm³/mol. The lowest BCUT2D eigenvalue weighted by Crippen LogP contribution is -2.48. The van der Waals surface area contributed by atoms with Gasteiger partial charge in [-0.15, -0.1) is 0 Å². The van der Waals surface area contributed by atoms with Gasteiger partial charge in [-0.2, -0.15) is 0 Å². The molecule has 2 amide bonds. The van der Waals surface area contributed by atoms with Crippen LogP contribution in [0.5, 0.6) is 0 Å². The average Bonchev–Trinajstić information content (AvgIpc) is 3.09. The molecule has 0 saturated heterocycles. The summed E-state index contributed by atoms with van der Waals surface area (Å²) < 4.78 is 0. The highest BCUT2D eigenvalue weighted by atomic mass is 35.5. The van der Waals surface area contributed by atoms with Crippen molar-refractivity contribution >= 4 is 34.3 Å². The highest BCUT2D eigenvalue weighted by Gasteiger charge is 2.24. The molecule has 3 N–H and O–H groups in total. The molecular formula is C24H28ClN3O2. The largest absolute Gasteiger partial charge is 0.361 e. The van der Waals surface area contributed by atoms with Gasteiger partial charge in [0.1, 0.15) is 6.04 Å². The lowest BCUT2D eigenvalue weighted by molar-refractivity contribution is -0.123. The van der Waals surface area contributed by atoms with Gasteiger partial charge in [-0.1, -0.05) is 62.7 Å². The van der Waals surface area contributed by atoms with Crippen molar-refractivity contribution in [3.63, 3.8) is 0 Å². The van der Waals surface area contributed by atoms with Crippen LogP contribution >= 0.6 is 11.6 Å². The van der Waals surface area contributed by atoms with Crippen molar-refractivity contribution in [2.75, 3.05) is 6.54 Å². The summed E-state index contributed by atoms with van der Waals surface area (Å²) in [5, 5.41) is 7.24. The molecule has 1 unspecified atom stereocenters. The quantitative estimate of drug-likeness (QED) is 0.512. The second-order valence-electron chi connectivity index (χ2n) is 8.67. The zero-order chi connectivity index (χ0) is 21.7. The van der Waals surface area contributed by atoms with Crippen LogP contribution in [-0.4, -0.2) is 29.4 Å². The molecule has 0 radical (unpaired) electrons. The second kappa shape index (κ2) is 9.35. The minimum atomic E-state index is -0.715. The van der Waals surface area contributed by atoms with Gasteiger partial charge in [0.2, 0.25) is 5.91 Å². The van der Waals surface area contributed by atoms with Gasteiger partial charge in [0.15, 0.2) is 0 Å². The van der Waals surface area contributed by atoms with E-state index in [0.717, 1.165) is 22.9 Å². The van der Waals surface area contributed by atoms with E-state index in [0.29, 0.717) is 23.6 Å². The predicted octanol–water partition coefficient (Wildman–Crippen LogP) is 4.71. The first-order chi connectivity index (χ1) is 14.2. The van der Waals surface area contributed by atoms with E-state index in [1.165, 1.54) is 0 Å². The molecule has 5 nitrogen and oxygen atoms in total. The molecule has 0 aliphatic carbocycles. The number of nitrogens with one attached hydrogen (secondary N) is 3. The third-order valence-electron chi connectivity index (χ3n) is 5.01. The monoisotopic (exact) mass is 425 g/mol. The molecule has 0 aliphatic rings. The van der Waals surface area contributed by atoms with Crippen molar-refractivity contribution in [1.82, 2.24) is 15.6 Å². The molecule has 6 heteroatoms. The van der Waals surface area contributed by atoms with Crippen LogP contribution in [0.4, 0.5) is 0 Å². The standard InChI is InChI=1S/C24H28ClN3O2/c1-24(2,3)12-13-26-23(30)21(28-22(29)18-9-4-6-10-19(18)25)14-16-15-27-20-11-7-5-8-17(16)20/h4-11,15,21,27H,12-14H2,1-3H3,(H,26,30)(H,28,29). The van der Waals surface area contributed by atoms with Gasteiger partial charge in [-0.05, 0) is 35.6 Å². The van der Waals surface area contributed by atoms with Crippen molar-refractivity contribution in [2.24, 2.45) is 5.41 Å². The number of benzene rings is 2. The fraction of sp³-hybridized carbons (Fsp3) is 0.333. The van der Waals surface area contributed by atoms with Crippen LogP contribution in [0.25, 0.3) is 10.9 Å². The normalized spacial score (nSPS) is 12.5. The van der Waals surface area contributed by atoms with Crippen LogP contribution in [0.2, 0.25) is 5.02 Å². The van der Waals surface area contributed by atoms with E-state index in [4.69, 9.17) is 11.6 Å². The van der Waals surface area contributed by atoms with Crippen molar-refractivity contribution in [1.29, 1.82) is 0 Å². The summed E-state index contributed by atoms with van der Waals surface area (Å²) in [6.45, 7) is 6.93. The molecule has 30 heavy (non-hydrogen) atoms. The Morgan fingerprint density at radius 1 is 1.07 bits per heavy atom. The van der Waals surface area contributed by atoms with Crippen molar-refractivity contribution in [3.05, 3.63) is 70.9 Å². The fourth-order valence-electron chi connectivity index (χ4n) is 3.29. The zero-order valence-electron chi connectivity index (χ0n) is 17.6. The Kier molecular flexibility index (Phi) is 6.83. The van der Waals surface area contributed by atoms with E-state index in [9.17, 15) is 9.59 Å². The number of para-hydroxylation sites is 1. The minimum absolute atomic E-state index is 0.112. The molecule has 2 aromatic carbocycles. The van der Waals surface area contributed by atoms with Crippen molar-refractivity contribution in [2.45, 2.75) is 39.7 Å². The van der Waals surface area contributed by atoms with E-state index in [1.54, 1.807) is 24.3 Å². The first-order valence-corrected chi connectivity index (χ1v) is 10.5. The molecule has 0 spiro atoms. The number of carbonyl (C=O) groups is 2. The van der Waals surface area contributed by atoms with Gasteiger partial charge in [-0.3, -0.25) is 9.59 Å². The van der Waals surface area contributed by atoms with Crippen LogP contribution in [-0.2, 0) is 11.2 Å². The lowest BCUT2D eigenvalue weighted by atomic mass is 9.92. The average molecular weight is 426 g/mol. The van der Waals surface area contributed by atoms with E-state index >= 15 is 0 Å². The molecular weight excluding hydrogens is 398 g/mol. The van der Waals surface area contributed by atoms with Gasteiger partial charge in [0.05, 0.1) is 10.6 Å². The summed E-state index contributed by atoms with van der Waals surface area (Å²) in [4.78, 5) is 29.0. The molecule has 1 heterocycles. The highest BCUT2D eigenvalue weighted by Crippen LogP contribution is 2.21. The number of carbonyl (C=O) groups excluding carboxylic acids is 2. The van der Waals surface area contributed by atoms with Crippen LogP contribution < -0.4 is 10.6 Å². The first kappa shape index (κ1) is 21.9. The van der Waals surface area contributed by atoms with E-state index < -0.39 is 6.04 Å². The van der Waals surface area contributed by atoms with Crippen LogP contribution in [0.15, 0.2) is 54.7 Å². The summed E-state index contributed by atoms with van der Waals surface area (Å²) >= 11 is 6.17. The van der Waals surface area contributed by atoms with Crippen LogP contribution in [0.1, 0.15) is 43.1 Å². The molecule has 0 aliphatic heterocycles. The molecule has 158 valence electrons. The molecule has 3 rings (SSSR count). The van der Waals surface area contributed by atoms with Crippen LogP contribution in [0.3, 0.4) is 0 Å². The lowest BCUT2D eigenvalue weighted by Gasteiger charge is -2.21. The molecule has 1 aromatic heterocycles. The molecule has 0 bridgehead atoms. The number of fused-ring (bicyclic) bond motifs is 1. The Hall–Kier alpha value is -2.79. The number of hydrogen-bond donors (Lipinski definition) is 3. The van der Waals surface area contributed by atoms with Gasteiger partial charge in [-0.25, -0.2) is 0 Å². The maximum absolute atomic E-state index is 13.0. The summed E-state index contributed by atoms with van der Waals surface area (Å²) in [5.41, 5.74) is 2.43. The maximum Gasteiger partial charge on any atom is 0.253 e. The number of hydrogen-bond acceptors (Lipinski definition) is 2. The van der Waals surface area contributed by atoms with Gasteiger partial charge < -0.3 is 15.6 Å². The number of rotatable bonds is 7. The highest BCUT2D eigenvalue weighted by molar-refractivity contribution is 6.33. The fourth-order valence-corrected chi connectivity index (χ4v) is 3.52. The number of amides is 2. The van der Waals surface area contributed by atoms with Gasteiger partial charge >= 0.3 is 0 Å². The third kappa shape index (κ3) is 5.63. The number of aromatic nitrogens is 1. The Morgan fingerprint density at radius 2 is 1.77 bits per heavy atom. The SMILES string of the molecule is CC(C)(C)CCNC(=O)C(Cc1c[nH]c2ccccc12)NC(=O)c1ccccc1Cl. The maximum atomic E-state index is 13.0.